The second kappa shape index (κ2) is 8.70. The molecule has 0 N–H and O–H groups in total. The third-order valence-electron chi connectivity index (χ3n) is 6.18. The van der Waals surface area contributed by atoms with E-state index in [9.17, 15) is 9.59 Å². The first-order valence-electron chi connectivity index (χ1n) is 9.99. The van der Waals surface area contributed by atoms with Crippen molar-refractivity contribution in [3.05, 3.63) is 72.1 Å². The highest BCUT2D eigenvalue weighted by Crippen LogP contribution is 2.52. The van der Waals surface area contributed by atoms with Gasteiger partial charge in [-0.1, -0.05) is 61.7 Å². The molecule has 2 fully saturated rings. The molecule has 1 saturated heterocycles. The highest BCUT2D eigenvalue weighted by atomic mass is 79.9. The van der Waals surface area contributed by atoms with Crippen LogP contribution in [0.3, 0.4) is 0 Å². The normalized spacial score (nSPS) is 25.9. The molecular formula is C23H16Br3ClN2O3. The molecule has 0 aromatic heterocycles. The van der Waals surface area contributed by atoms with E-state index < -0.39 is 0 Å². The predicted octanol–water partition coefficient (Wildman–Crippen LogP) is 6.35. The predicted molar refractivity (Wildman–Crippen MR) is 132 cm³/mol. The standard InChI is InChI=1S/C23H16Br3ClN2O3/c24-15-4-3-14(16(25)8-15)10-32-21-17(26)5-11(6-18(21)27)9-28-29-22(30)19-12-1-2-13(7-12)20(19)23(29)31/h1-6,8-9,12-13,19-20H,7,10H2/t12-,13-,19-,20+/m0/s1. The lowest BCUT2D eigenvalue weighted by Crippen LogP contribution is -2.28. The number of rotatable bonds is 5. The first-order chi connectivity index (χ1) is 15.3. The van der Waals surface area contributed by atoms with Crippen LogP contribution in [0.2, 0.25) is 5.02 Å². The molecule has 0 spiro atoms. The summed E-state index contributed by atoms with van der Waals surface area (Å²) in [6.07, 6.45) is 6.50. The van der Waals surface area contributed by atoms with Crippen LogP contribution in [0.1, 0.15) is 17.5 Å². The zero-order valence-electron chi connectivity index (χ0n) is 16.5. The molecule has 4 atom stereocenters. The van der Waals surface area contributed by atoms with E-state index in [1.807, 2.05) is 18.2 Å². The highest BCUT2D eigenvalue weighted by Gasteiger charge is 2.59. The quantitative estimate of drug-likeness (QED) is 0.217. The Bertz CT molecular complexity index is 1150. The summed E-state index contributed by atoms with van der Waals surface area (Å²) in [6.45, 7) is 0.329. The van der Waals surface area contributed by atoms with Crippen molar-refractivity contribution >= 4 is 77.4 Å². The minimum atomic E-state index is -0.265. The Hall–Kier alpha value is -1.48. The van der Waals surface area contributed by atoms with E-state index in [1.165, 1.54) is 6.21 Å². The van der Waals surface area contributed by atoms with Crippen LogP contribution in [-0.2, 0) is 16.2 Å². The van der Waals surface area contributed by atoms with E-state index in [0.717, 1.165) is 25.9 Å². The summed E-state index contributed by atoms with van der Waals surface area (Å²) < 4.78 is 8.48. The molecule has 0 unspecified atom stereocenters. The molecule has 5 nitrogen and oxygen atoms in total. The average molecular weight is 644 g/mol. The summed E-state index contributed by atoms with van der Waals surface area (Å²) in [7, 11) is 0. The van der Waals surface area contributed by atoms with Crippen molar-refractivity contribution in [2.45, 2.75) is 13.0 Å². The van der Waals surface area contributed by atoms with Crippen molar-refractivity contribution in [2.75, 3.05) is 0 Å². The molecular weight excluding hydrogens is 627 g/mol. The Labute approximate surface area is 215 Å². The zero-order chi connectivity index (χ0) is 22.6. The number of hydrazone groups is 1. The maximum Gasteiger partial charge on any atom is 0.254 e. The van der Waals surface area contributed by atoms with E-state index in [1.54, 1.807) is 12.1 Å². The van der Waals surface area contributed by atoms with Gasteiger partial charge in [-0.3, -0.25) is 9.59 Å². The van der Waals surface area contributed by atoms with Gasteiger partial charge < -0.3 is 4.74 Å². The smallest absolute Gasteiger partial charge is 0.254 e. The molecule has 1 heterocycles. The van der Waals surface area contributed by atoms with Gasteiger partial charge in [0.2, 0.25) is 0 Å². The topological polar surface area (TPSA) is 59.0 Å². The van der Waals surface area contributed by atoms with Crippen LogP contribution >= 0.6 is 59.4 Å². The van der Waals surface area contributed by atoms with Crippen LogP contribution in [0.5, 0.6) is 5.75 Å². The number of fused-ring (bicyclic) bond motifs is 5. The summed E-state index contributed by atoms with van der Waals surface area (Å²) in [4.78, 5) is 25.5. The van der Waals surface area contributed by atoms with Gasteiger partial charge in [-0.05, 0) is 64.0 Å². The van der Waals surface area contributed by atoms with Gasteiger partial charge in [-0.25, -0.2) is 0 Å². The van der Waals surface area contributed by atoms with Crippen LogP contribution in [0, 0.1) is 23.7 Å². The van der Waals surface area contributed by atoms with Gasteiger partial charge in [0.1, 0.15) is 6.61 Å². The van der Waals surface area contributed by atoms with Crippen LogP contribution in [0.4, 0.5) is 0 Å². The highest BCUT2D eigenvalue weighted by molar-refractivity contribution is 9.11. The van der Waals surface area contributed by atoms with Crippen LogP contribution in [-0.4, -0.2) is 23.0 Å². The van der Waals surface area contributed by atoms with Crippen molar-refractivity contribution in [3.63, 3.8) is 0 Å². The van der Waals surface area contributed by atoms with Gasteiger partial charge in [0.15, 0.2) is 5.75 Å². The molecule has 2 aromatic rings. The van der Waals surface area contributed by atoms with Gasteiger partial charge in [-0.2, -0.15) is 10.1 Å². The first kappa shape index (κ1) is 22.3. The van der Waals surface area contributed by atoms with Crippen molar-refractivity contribution in [2.24, 2.45) is 28.8 Å². The number of ether oxygens (including phenoxy) is 1. The summed E-state index contributed by atoms with van der Waals surface area (Å²) in [5.41, 5.74) is 1.62. The zero-order valence-corrected chi connectivity index (χ0v) is 22.0. The molecule has 2 aliphatic carbocycles. The van der Waals surface area contributed by atoms with E-state index in [4.69, 9.17) is 16.3 Å². The second-order valence-corrected chi connectivity index (χ2v) is 11.1. The largest absolute Gasteiger partial charge is 0.486 e. The number of allylic oxidation sites excluding steroid dienone is 2. The Kier molecular flexibility index (Phi) is 6.07. The maximum atomic E-state index is 12.8. The number of benzene rings is 2. The van der Waals surface area contributed by atoms with E-state index in [2.05, 4.69) is 65.0 Å². The van der Waals surface area contributed by atoms with Crippen molar-refractivity contribution in [3.8, 4) is 5.75 Å². The summed E-state index contributed by atoms with van der Waals surface area (Å²) in [6, 6.07) is 9.33. The molecule has 0 radical (unpaired) electrons. The molecule has 2 aromatic carbocycles. The number of imide groups is 1. The number of carbonyl (C=O) groups excluding carboxylic acids is 2. The monoisotopic (exact) mass is 640 g/mol. The van der Waals surface area contributed by atoms with Crippen molar-refractivity contribution < 1.29 is 14.3 Å². The number of halogens is 4. The second-order valence-electron chi connectivity index (χ2n) is 8.07. The van der Waals surface area contributed by atoms with Gasteiger partial charge in [0.05, 0.1) is 27.5 Å². The molecule has 32 heavy (non-hydrogen) atoms. The number of carbonyl (C=O) groups is 2. The van der Waals surface area contributed by atoms with Crippen molar-refractivity contribution in [1.82, 2.24) is 5.01 Å². The minimum absolute atomic E-state index is 0.160. The van der Waals surface area contributed by atoms with E-state index in [0.29, 0.717) is 27.4 Å². The van der Waals surface area contributed by atoms with Gasteiger partial charge in [0.25, 0.3) is 11.8 Å². The summed E-state index contributed by atoms with van der Waals surface area (Å²) in [5, 5.41) is 5.63. The van der Waals surface area contributed by atoms with Crippen LogP contribution in [0.15, 0.2) is 61.0 Å². The summed E-state index contributed by atoms with van der Waals surface area (Å²) >= 11 is 16.9. The fourth-order valence-electron chi connectivity index (χ4n) is 4.71. The van der Waals surface area contributed by atoms with E-state index in [-0.39, 0.29) is 35.5 Å². The fraction of sp³-hybridized carbons (Fsp3) is 0.261. The van der Waals surface area contributed by atoms with E-state index >= 15 is 0 Å². The molecule has 164 valence electrons. The third-order valence-corrected chi connectivity index (χ3v) is 8.28. The van der Waals surface area contributed by atoms with Crippen LogP contribution < -0.4 is 4.74 Å². The Morgan fingerprint density at radius 1 is 1.03 bits per heavy atom. The van der Waals surface area contributed by atoms with Gasteiger partial charge in [0, 0.05) is 14.5 Å². The lowest BCUT2D eigenvalue weighted by Gasteiger charge is -2.13. The molecule has 2 bridgehead atoms. The third kappa shape index (κ3) is 3.89. The molecule has 5 rings (SSSR count). The Morgan fingerprint density at radius 2 is 1.72 bits per heavy atom. The SMILES string of the molecule is O=C1[C@@H]2[C@H](C(=O)N1N=Cc1cc(Cl)c(OCc3ccc(Br)cc3Br)c(Br)c1)[C@H]1C=C[C@H]2C1. The molecule has 3 aliphatic rings. The maximum absolute atomic E-state index is 12.8. The minimum Gasteiger partial charge on any atom is -0.486 e. The molecule has 1 aliphatic heterocycles. The number of hydrogen-bond donors (Lipinski definition) is 0. The first-order valence-corrected chi connectivity index (χ1v) is 12.7. The van der Waals surface area contributed by atoms with Gasteiger partial charge >= 0.3 is 0 Å². The Morgan fingerprint density at radius 3 is 2.34 bits per heavy atom. The number of amides is 2. The molecule has 9 heteroatoms. The van der Waals surface area contributed by atoms with Crippen molar-refractivity contribution in [1.29, 1.82) is 0 Å². The number of nitrogens with zero attached hydrogens (tertiary/aromatic N) is 2. The molecule has 2 amide bonds. The summed E-state index contributed by atoms with van der Waals surface area (Å²) in [5.74, 6) is -0.127. The average Bonchev–Trinajstić information content (AvgIpc) is 3.42. The fourth-order valence-corrected chi connectivity index (χ4v) is 6.86. The lowest BCUT2D eigenvalue weighted by atomic mass is 9.85. The molecule has 1 saturated carbocycles. The van der Waals surface area contributed by atoms with Crippen LogP contribution in [0.25, 0.3) is 0 Å². The number of hydrogen-bond acceptors (Lipinski definition) is 4. The Balaban J connectivity index is 1.31. The lowest BCUT2D eigenvalue weighted by molar-refractivity contribution is -0.140. The van der Waals surface area contributed by atoms with Gasteiger partial charge in [-0.15, -0.1) is 0 Å².